The molecule has 21 heavy (non-hydrogen) atoms. The van der Waals surface area contributed by atoms with E-state index in [9.17, 15) is 0 Å². The van der Waals surface area contributed by atoms with E-state index in [0.717, 1.165) is 12.5 Å². The molecule has 1 N–H and O–H groups in total. The molecule has 1 aliphatic rings. The van der Waals surface area contributed by atoms with Crippen LogP contribution in [0.25, 0.3) is 0 Å². The van der Waals surface area contributed by atoms with E-state index in [1.807, 2.05) is 0 Å². The van der Waals surface area contributed by atoms with E-state index in [1.165, 1.54) is 48.8 Å². The molecule has 0 aliphatic heterocycles. The van der Waals surface area contributed by atoms with Gasteiger partial charge in [0.05, 0.1) is 0 Å². The molecule has 0 radical (unpaired) electrons. The highest BCUT2D eigenvalue weighted by molar-refractivity contribution is 5.32. The molecule has 0 bridgehead atoms. The average molecular weight is 287 g/mol. The van der Waals surface area contributed by atoms with E-state index in [-0.39, 0.29) is 0 Å². The first kappa shape index (κ1) is 16.5. The van der Waals surface area contributed by atoms with Crippen LogP contribution in [0.15, 0.2) is 18.2 Å². The maximum atomic E-state index is 3.83. The molecule has 1 fully saturated rings. The van der Waals surface area contributed by atoms with Crippen molar-refractivity contribution in [2.45, 2.75) is 72.8 Å². The second kappa shape index (κ2) is 6.96. The van der Waals surface area contributed by atoms with E-state index < -0.39 is 0 Å². The normalized spacial score (nSPS) is 20.4. The van der Waals surface area contributed by atoms with Crippen LogP contribution in [0.3, 0.4) is 0 Å². The zero-order chi connectivity index (χ0) is 15.5. The van der Waals surface area contributed by atoms with E-state index in [4.69, 9.17) is 0 Å². The quantitative estimate of drug-likeness (QED) is 0.747. The summed E-state index contributed by atoms with van der Waals surface area (Å²) in [7, 11) is 0. The highest BCUT2D eigenvalue weighted by Crippen LogP contribution is 2.42. The van der Waals surface area contributed by atoms with Crippen molar-refractivity contribution < 1.29 is 0 Å². The first-order valence-electron chi connectivity index (χ1n) is 8.73. The van der Waals surface area contributed by atoms with Crippen molar-refractivity contribution in [1.82, 2.24) is 5.32 Å². The molecule has 0 heterocycles. The molecule has 0 aromatic heterocycles. The van der Waals surface area contributed by atoms with Crippen LogP contribution >= 0.6 is 0 Å². The molecular weight excluding hydrogens is 254 g/mol. The lowest BCUT2D eigenvalue weighted by atomic mass is 9.70. The second-order valence-electron chi connectivity index (χ2n) is 7.78. The van der Waals surface area contributed by atoms with E-state index in [2.05, 4.69) is 58.1 Å². The molecule has 1 saturated carbocycles. The molecule has 2 rings (SSSR count). The molecule has 1 heteroatoms. The van der Waals surface area contributed by atoms with E-state index in [0.29, 0.717) is 11.5 Å². The van der Waals surface area contributed by atoms with Gasteiger partial charge >= 0.3 is 0 Å². The highest BCUT2D eigenvalue weighted by atomic mass is 14.9. The first-order valence-corrected chi connectivity index (χ1v) is 8.73. The predicted octanol–water partition coefficient (Wildman–Crippen LogP) is 5.56. The largest absolute Gasteiger partial charge is 0.310 e. The topological polar surface area (TPSA) is 12.0 Å². The molecular formula is C20H33N. The van der Waals surface area contributed by atoms with Crippen LogP contribution in [0, 0.1) is 25.2 Å². The second-order valence-corrected chi connectivity index (χ2v) is 7.78. The number of rotatable bonds is 5. The third-order valence-corrected chi connectivity index (χ3v) is 5.36. The van der Waals surface area contributed by atoms with Crippen LogP contribution in [0.1, 0.15) is 75.6 Å². The van der Waals surface area contributed by atoms with Gasteiger partial charge in [0.25, 0.3) is 0 Å². The monoisotopic (exact) mass is 287 g/mol. The Balaban J connectivity index is 2.16. The average Bonchev–Trinajstić information content (AvgIpc) is 2.44. The maximum Gasteiger partial charge on any atom is 0.0348 e. The summed E-state index contributed by atoms with van der Waals surface area (Å²) in [6, 6.07) is 7.58. The number of hydrogen-bond donors (Lipinski definition) is 1. The van der Waals surface area contributed by atoms with Gasteiger partial charge in [-0.1, -0.05) is 39.0 Å². The molecule has 0 amide bonds. The summed E-state index contributed by atoms with van der Waals surface area (Å²) in [5.74, 6) is 0.798. The zero-order valence-electron chi connectivity index (χ0n) is 14.6. The lowest BCUT2D eigenvalue weighted by Crippen LogP contribution is -2.33. The standard InChI is InChI=1S/C20H33N/c1-6-13-21-19(17-9-11-20(4,5)12-10-17)18-8-7-15(2)16(3)14-18/h7-8,14,17,19,21H,6,9-13H2,1-5H3. The smallest absolute Gasteiger partial charge is 0.0348 e. The van der Waals surface area contributed by atoms with Gasteiger partial charge in [-0.3, -0.25) is 0 Å². The third kappa shape index (κ3) is 4.32. The van der Waals surface area contributed by atoms with E-state index in [1.54, 1.807) is 0 Å². The molecule has 0 saturated heterocycles. The van der Waals surface area contributed by atoms with Gasteiger partial charge in [-0.25, -0.2) is 0 Å². The van der Waals surface area contributed by atoms with Crippen LogP contribution in [0.5, 0.6) is 0 Å². The highest BCUT2D eigenvalue weighted by Gasteiger charge is 2.31. The fourth-order valence-corrected chi connectivity index (χ4v) is 3.57. The lowest BCUT2D eigenvalue weighted by molar-refractivity contribution is 0.161. The third-order valence-electron chi connectivity index (χ3n) is 5.36. The Labute approximate surface area is 131 Å². The van der Waals surface area contributed by atoms with Crippen LogP contribution < -0.4 is 5.32 Å². The minimum absolute atomic E-state index is 0.542. The molecule has 1 aromatic rings. The van der Waals surface area contributed by atoms with Crippen molar-refractivity contribution in [3.8, 4) is 0 Å². The van der Waals surface area contributed by atoms with Crippen molar-refractivity contribution in [3.05, 3.63) is 34.9 Å². The Morgan fingerprint density at radius 2 is 1.81 bits per heavy atom. The molecule has 1 unspecified atom stereocenters. The Hall–Kier alpha value is -0.820. The fourth-order valence-electron chi connectivity index (χ4n) is 3.57. The Bertz CT molecular complexity index is 451. The molecule has 1 atom stereocenters. The minimum Gasteiger partial charge on any atom is -0.310 e. The lowest BCUT2D eigenvalue weighted by Gasteiger charge is -2.38. The fraction of sp³-hybridized carbons (Fsp3) is 0.700. The Morgan fingerprint density at radius 3 is 2.38 bits per heavy atom. The predicted molar refractivity (Wildman–Crippen MR) is 92.7 cm³/mol. The van der Waals surface area contributed by atoms with Crippen LogP contribution in [0.4, 0.5) is 0 Å². The van der Waals surface area contributed by atoms with Crippen molar-refractivity contribution in [2.24, 2.45) is 11.3 Å². The molecule has 1 nitrogen and oxygen atoms in total. The Kier molecular flexibility index (Phi) is 5.48. The van der Waals surface area contributed by atoms with Crippen molar-refractivity contribution >= 4 is 0 Å². The molecule has 1 aliphatic carbocycles. The van der Waals surface area contributed by atoms with Gasteiger partial charge in [0.2, 0.25) is 0 Å². The van der Waals surface area contributed by atoms with Crippen molar-refractivity contribution in [3.63, 3.8) is 0 Å². The summed E-state index contributed by atoms with van der Waals surface area (Å²) in [4.78, 5) is 0. The van der Waals surface area contributed by atoms with Gasteiger partial charge in [0, 0.05) is 6.04 Å². The van der Waals surface area contributed by atoms with E-state index >= 15 is 0 Å². The number of benzene rings is 1. The van der Waals surface area contributed by atoms with Gasteiger partial charge in [0.1, 0.15) is 0 Å². The number of aryl methyl sites for hydroxylation is 2. The summed E-state index contributed by atoms with van der Waals surface area (Å²) in [5.41, 5.74) is 4.87. The SMILES string of the molecule is CCCNC(c1ccc(C)c(C)c1)C1CCC(C)(C)CC1. The summed E-state index contributed by atoms with van der Waals surface area (Å²) >= 11 is 0. The summed E-state index contributed by atoms with van der Waals surface area (Å²) < 4.78 is 0. The number of hydrogen-bond acceptors (Lipinski definition) is 1. The maximum absolute atomic E-state index is 3.83. The van der Waals surface area contributed by atoms with Crippen LogP contribution in [-0.2, 0) is 0 Å². The minimum atomic E-state index is 0.542. The van der Waals surface area contributed by atoms with Gasteiger partial charge < -0.3 is 5.32 Å². The van der Waals surface area contributed by atoms with Gasteiger partial charge in [-0.2, -0.15) is 0 Å². The first-order chi connectivity index (χ1) is 9.93. The number of nitrogens with one attached hydrogen (secondary N) is 1. The zero-order valence-corrected chi connectivity index (χ0v) is 14.6. The van der Waals surface area contributed by atoms with Crippen molar-refractivity contribution in [2.75, 3.05) is 6.54 Å². The molecule has 118 valence electrons. The molecule has 0 spiro atoms. The van der Waals surface area contributed by atoms with Gasteiger partial charge in [-0.05, 0) is 80.5 Å². The summed E-state index contributed by atoms with van der Waals surface area (Å²) in [6.45, 7) is 12.7. The van der Waals surface area contributed by atoms with Gasteiger partial charge in [0.15, 0.2) is 0 Å². The van der Waals surface area contributed by atoms with Gasteiger partial charge in [-0.15, -0.1) is 0 Å². The van der Waals surface area contributed by atoms with Crippen LogP contribution in [-0.4, -0.2) is 6.54 Å². The van der Waals surface area contributed by atoms with Crippen molar-refractivity contribution in [1.29, 1.82) is 0 Å². The summed E-state index contributed by atoms with van der Waals surface area (Å²) in [5, 5.41) is 3.83. The summed E-state index contributed by atoms with van der Waals surface area (Å²) in [6.07, 6.45) is 6.67. The molecule has 1 aromatic carbocycles. The van der Waals surface area contributed by atoms with Crippen LogP contribution in [0.2, 0.25) is 0 Å². The Morgan fingerprint density at radius 1 is 1.14 bits per heavy atom.